The summed E-state index contributed by atoms with van der Waals surface area (Å²) in [6.07, 6.45) is 0. The van der Waals surface area contributed by atoms with E-state index in [0.717, 1.165) is 15.3 Å². The molecule has 0 spiro atoms. The number of halogens is 1. The lowest BCUT2D eigenvalue weighted by molar-refractivity contribution is 0.0746. The fraction of sp³-hybridized carbons (Fsp3) is 0.300. The number of carbonyl (C=O) groups is 1. The van der Waals surface area contributed by atoms with Gasteiger partial charge in [0, 0.05) is 31.7 Å². The minimum absolute atomic E-state index is 0.105. The number of anilines is 1. The lowest BCUT2D eigenvalue weighted by Gasteiger charge is -2.34. The van der Waals surface area contributed by atoms with Crippen LogP contribution in [0.5, 0.6) is 0 Å². The van der Waals surface area contributed by atoms with Crippen LogP contribution in [-0.2, 0) is 10.7 Å². The molecule has 0 radical (unpaired) electrons. The van der Waals surface area contributed by atoms with Crippen LogP contribution in [0.15, 0.2) is 42.5 Å². The largest absolute Gasteiger partial charge is 0.345 e. The molecule has 1 unspecified atom stereocenters. The van der Waals surface area contributed by atoms with Gasteiger partial charge in [-0.25, -0.2) is 17.8 Å². The van der Waals surface area contributed by atoms with Crippen LogP contribution in [0.3, 0.4) is 0 Å². The molecule has 1 aromatic heterocycles. The van der Waals surface area contributed by atoms with Crippen LogP contribution in [0.1, 0.15) is 28.1 Å². The second-order valence-electron chi connectivity index (χ2n) is 6.97. The number of nitrogens with zero attached hydrogens (tertiary/aromatic N) is 3. The van der Waals surface area contributed by atoms with Gasteiger partial charge < -0.3 is 9.80 Å². The zero-order chi connectivity index (χ0) is 20.5. The second kappa shape index (κ2) is 8.08. The van der Waals surface area contributed by atoms with Crippen molar-refractivity contribution < 1.29 is 17.6 Å². The van der Waals surface area contributed by atoms with Crippen LogP contribution in [0.25, 0.3) is 10.2 Å². The highest BCUT2D eigenvalue weighted by atomic mass is 32.2. The third-order valence-corrected chi connectivity index (χ3v) is 7.12. The molecule has 29 heavy (non-hydrogen) atoms. The highest BCUT2D eigenvalue weighted by Crippen LogP contribution is 2.30. The van der Waals surface area contributed by atoms with Gasteiger partial charge in [-0.15, -0.1) is 0 Å². The molecular weight excluding hydrogens is 413 g/mol. The van der Waals surface area contributed by atoms with Crippen LogP contribution in [0.2, 0.25) is 0 Å². The van der Waals surface area contributed by atoms with E-state index in [-0.39, 0.29) is 11.7 Å². The molecule has 4 rings (SSSR count). The first-order chi connectivity index (χ1) is 13.9. The Morgan fingerprint density at radius 1 is 1.14 bits per heavy atom. The van der Waals surface area contributed by atoms with E-state index in [9.17, 15) is 17.6 Å². The number of aromatic nitrogens is 1. The highest BCUT2D eigenvalue weighted by Gasteiger charge is 2.24. The first-order valence-electron chi connectivity index (χ1n) is 9.26. The van der Waals surface area contributed by atoms with Crippen molar-refractivity contribution >= 4 is 43.3 Å². The third kappa shape index (κ3) is 4.11. The van der Waals surface area contributed by atoms with E-state index in [0.29, 0.717) is 37.3 Å². The summed E-state index contributed by atoms with van der Waals surface area (Å²) in [4.78, 5) is 21.3. The van der Waals surface area contributed by atoms with Crippen molar-refractivity contribution in [1.29, 1.82) is 0 Å². The quantitative estimate of drug-likeness (QED) is 0.641. The number of amides is 1. The molecule has 6 nitrogen and oxygen atoms in total. The highest BCUT2D eigenvalue weighted by molar-refractivity contribution is 7.72. The molecule has 1 aliphatic heterocycles. The predicted molar refractivity (Wildman–Crippen MR) is 113 cm³/mol. The molecule has 9 heteroatoms. The van der Waals surface area contributed by atoms with Crippen LogP contribution < -0.4 is 4.90 Å². The van der Waals surface area contributed by atoms with Gasteiger partial charge in [-0.3, -0.25) is 4.79 Å². The number of carbonyl (C=O) groups excluding carboxylic acids is 1. The predicted octanol–water partition coefficient (Wildman–Crippen LogP) is 3.07. The maximum Gasteiger partial charge on any atom is 0.253 e. The fourth-order valence-electron chi connectivity index (χ4n) is 3.36. The Labute approximate surface area is 173 Å². The molecule has 0 bridgehead atoms. The van der Waals surface area contributed by atoms with E-state index in [1.165, 1.54) is 23.5 Å². The SMILES string of the molecule is CC(c1cccc(C(=O)N2CCN(c3nc4ccc(F)cc4s3)CC2)c1)[SH](=O)=O. The molecular formula is C20H20FN3O3S2. The zero-order valence-electron chi connectivity index (χ0n) is 15.7. The number of rotatable bonds is 4. The summed E-state index contributed by atoms with van der Waals surface area (Å²) >= 11 is 1.45. The normalized spacial score (nSPS) is 15.8. The number of hydrogen-bond acceptors (Lipinski definition) is 6. The molecule has 0 saturated carbocycles. The van der Waals surface area contributed by atoms with E-state index in [1.807, 2.05) is 0 Å². The number of fused-ring (bicyclic) bond motifs is 1. The van der Waals surface area contributed by atoms with Crippen LogP contribution >= 0.6 is 11.3 Å². The number of hydrogen-bond donors (Lipinski definition) is 1. The Balaban J connectivity index is 1.45. The molecule has 3 aromatic rings. The Bertz CT molecular complexity index is 1130. The summed E-state index contributed by atoms with van der Waals surface area (Å²) in [6.45, 7) is 3.96. The summed E-state index contributed by atoms with van der Waals surface area (Å²) in [5, 5.41) is 0.200. The van der Waals surface area contributed by atoms with Crippen molar-refractivity contribution in [2.24, 2.45) is 0 Å². The molecule has 1 saturated heterocycles. The van der Waals surface area contributed by atoms with E-state index in [2.05, 4.69) is 9.88 Å². The molecule has 1 amide bonds. The number of piperazine rings is 1. The number of thiol groups is 1. The van der Waals surface area contributed by atoms with Gasteiger partial charge in [0.1, 0.15) is 16.5 Å². The molecule has 2 aromatic carbocycles. The van der Waals surface area contributed by atoms with Crippen molar-refractivity contribution in [2.45, 2.75) is 12.2 Å². The standard InChI is InChI=1S/C20H20FN3O3S2/c1-13(29(26)27)14-3-2-4-15(11-14)19(25)23-7-9-24(10-8-23)20-22-17-6-5-16(21)12-18(17)28-20/h2-6,11-13,29H,7-10H2,1H3. The van der Waals surface area contributed by atoms with Gasteiger partial charge in [0.25, 0.3) is 5.91 Å². The van der Waals surface area contributed by atoms with Gasteiger partial charge in [-0.1, -0.05) is 23.5 Å². The van der Waals surface area contributed by atoms with Gasteiger partial charge in [0.15, 0.2) is 5.13 Å². The van der Waals surface area contributed by atoms with Gasteiger partial charge in [0.2, 0.25) is 0 Å². The maximum atomic E-state index is 13.4. The Hall–Kier alpha value is -2.52. The third-order valence-electron chi connectivity index (χ3n) is 5.11. The summed E-state index contributed by atoms with van der Waals surface area (Å²) in [6, 6.07) is 11.4. The molecule has 1 fully saturated rings. The molecule has 2 heterocycles. The maximum absolute atomic E-state index is 13.4. The molecule has 0 aliphatic carbocycles. The van der Waals surface area contributed by atoms with Crippen LogP contribution in [0, 0.1) is 5.82 Å². The van der Waals surface area contributed by atoms with Crippen LogP contribution in [0.4, 0.5) is 9.52 Å². The minimum atomic E-state index is -2.59. The average Bonchev–Trinajstić information content (AvgIpc) is 3.16. The Kier molecular flexibility index (Phi) is 5.51. The van der Waals surface area contributed by atoms with E-state index >= 15 is 0 Å². The van der Waals surface area contributed by atoms with E-state index in [1.54, 1.807) is 42.2 Å². The second-order valence-corrected chi connectivity index (χ2v) is 9.33. The topological polar surface area (TPSA) is 70.6 Å². The molecule has 0 N–H and O–H groups in total. The Morgan fingerprint density at radius 3 is 2.62 bits per heavy atom. The minimum Gasteiger partial charge on any atom is -0.345 e. The van der Waals surface area contributed by atoms with Gasteiger partial charge in [-0.05, 0) is 42.8 Å². The fourth-order valence-corrected chi connectivity index (χ4v) is 4.80. The first-order valence-corrected chi connectivity index (χ1v) is 11.3. The lowest BCUT2D eigenvalue weighted by Crippen LogP contribution is -2.48. The number of benzene rings is 2. The summed E-state index contributed by atoms with van der Waals surface area (Å²) in [5.41, 5.74) is 1.88. The van der Waals surface area contributed by atoms with Gasteiger partial charge in [-0.2, -0.15) is 0 Å². The molecule has 152 valence electrons. The van der Waals surface area contributed by atoms with Crippen LogP contribution in [-0.4, -0.2) is 50.4 Å². The van der Waals surface area contributed by atoms with Crippen molar-refractivity contribution in [3.63, 3.8) is 0 Å². The van der Waals surface area contributed by atoms with Crippen molar-refractivity contribution in [1.82, 2.24) is 9.88 Å². The van der Waals surface area contributed by atoms with E-state index < -0.39 is 16.0 Å². The average molecular weight is 434 g/mol. The monoisotopic (exact) mass is 433 g/mol. The number of thiazole rings is 1. The smallest absolute Gasteiger partial charge is 0.253 e. The molecule has 1 atom stereocenters. The Morgan fingerprint density at radius 2 is 1.90 bits per heavy atom. The lowest BCUT2D eigenvalue weighted by atomic mass is 10.1. The van der Waals surface area contributed by atoms with Gasteiger partial charge >= 0.3 is 0 Å². The first kappa shape index (κ1) is 19.8. The summed E-state index contributed by atoms with van der Waals surface area (Å²) in [7, 11) is -2.59. The van der Waals surface area contributed by atoms with E-state index in [4.69, 9.17) is 0 Å². The van der Waals surface area contributed by atoms with Gasteiger partial charge in [0.05, 0.1) is 15.5 Å². The van der Waals surface area contributed by atoms with Crippen molar-refractivity contribution in [2.75, 3.05) is 31.1 Å². The van der Waals surface area contributed by atoms with Crippen molar-refractivity contribution in [3.05, 3.63) is 59.4 Å². The molecule has 1 aliphatic rings. The zero-order valence-corrected chi connectivity index (χ0v) is 17.5. The van der Waals surface area contributed by atoms with Crippen molar-refractivity contribution in [3.8, 4) is 0 Å². The summed E-state index contributed by atoms with van der Waals surface area (Å²) in [5.74, 6) is -0.382. The summed E-state index contributed by atoms with van der Waals surface area (Å²) < 4.78 is 36.7.